The molecule has 1 heterocycles. The number of carbonyl (C=O) groups is 1. The van der Waals surface area contributed by atoms with Gasteiger partial charge in [-0.15, -0.1) is 0 Å². The Morgan fingerprint density at radius 3 is 2.14 bits per heavy atom. The lowest BCUT2D eigenvalue weighted by atomic mass is 9.94. The van der Waals surface area contributed by atoms with Gasteiger partial charge in [0.15, 0.2) is 5.78 Å². The number of ketones is 1. The van der Waals surface area contributed by atoms with Crippen LogP contribution in [0.3, 0.4) is 0 Å². The molecule has 1 aliphatic heterocycles. The lowest BCUT2D eigenvalue weighted by Gasteiger charge is -2.40. The van der Waals surface area contributed by atoms with Gasteiger partial charge in [-0.3, -0.25) is 4.79 Å². The molecule has 0 N–H and O–H groups in total. The molecule has 1 fully saturated rings. The Morgan fingerprint density at radius 1 is 1.14 bits per heavy atom. The zero-order valence-electron chi connectivity index (χ0n) is 8.45. The number of hydrogen-bond donors (Lipinski definition) is 0. The fraction of sp³-hybridized carbons (Fsp3) is 0.545. The number of hydrogen-bond acceptors (Lipinski definition) is 3. The minimum atomic E-state index is -0.788. The van der Waals surface area contributed by atoms with E-state index in [0.29, 0.717) is 13.2 Å². The minimum Gasteiger partial charge on any atom is -0.342 e. The molecule has 0 aromatic heterocycles. The fourth-order valence-electron chi connectivity index (χ4n) is 1.40. The van der Waals surface area contributed by atoms with Crippen LogP contribution in [0, 0.1) is 5.41 Å². The Balaban J connectivity index is 2.11. The van der Waals surface area contributed by atoms with Crippen molar-refractivity contribution in [2.24, 2.45) is 5.41 Å². The maximum atomic E-state index is 10.9. The number of rotatable bonds is 0. The maximum Gasteiger partial charge on any atom is 0.208 e. The molecular weight excluding hydrogens is 180 g/mol. The van der Waals surface area contributed by atoms with Gasteiger partial charge >= 0.3 is 0 Å². The van der Waals surface area contributed by atoms with Crippen LogP contribution < -0.4 is 0 Å². The van der Waals surface area contributed by atoms with E-state index in [1.54, 1.807) is 12.2 Å². The van der Waals surface area contributed by atoms with Gasteiger partial charge in [-0.25, -0.2) is 0 Å². The van der Waals surface area contributed by atoms with Gasteiger partial charge in [-0.1, -0.05) is 13.8 Å². The molecular formula is C11H14O3. The molecule has 0 atom stereocenters. The Bertz CT molecular complexity index is 284. The third kappa shape index (κ3) is 1.79. The Hall–Kier alpha value is -0.930. The maximum absolute atomic E-state index is 10.9. The van der Waals surface area contributed by atoms with E-state index in [-0.39, 0.29) is 11.2 Å². The highest BCUT2D eigenvalue weighted by Crippen LogP contribution is 2.32. The second-order valence-corrected chi connectivity index (χ2v) is 4.53. The van der Waals surface area contributed by atoms with E-state index in [2.05, 4.69) is 13.8 Å². The van der Waals surface area contributed by atoms with Crippen molar-refractivity contribution >= 4 is 5.78 Å². The monoisotopic (exact) mass is 194 g/mol. The van der Waals surface area contributed by atoms with Crippen LogP contribution in [0.2, 0.25) is 0 Å². The molecule has 0 aromatic rings. The third-order valence-electron chi connectivity index (χ3n) is 2.34. The van der Waals surface area contributed by atoms with E-state index in [0.717, 1.165) is 0 Å². The van der Waals surface area contributed by atoms with Crippen LogP contribution in [0.4, 0.5) is 0 Å². The van der Waals surface area contributed by atoms with E-state index in [1.165, 1.54) is 12.2 Å². The fourth-order valence-corrected chi connectivity index (χ4v) is 1.40. The first-order valence-electron chi connectivity index (χ1n) is 4.72. The number of ether oxygens (including phenoxy) is 2. The zero-order chi connectivity index (χ0) is 10.2. The Morgan fingerprint density at radius 2 is 1.64 bits per heavy atom. The van der Waals surface area contributed by atoms with Gasteiger partial charge in [0.05, 0.1) is 13.2 Å². The van der Waals surface area contributed by atoms with Gasteiger partial charge in [0.2, 0.25) is 5.79 Å². The first-order valence-corrected chi connectivity index (χ1v) is 4.72. The molecule has 1 spiro atoms. The summed E-state index contributed by atoms with van der Waals surface area (Å²) in [5, 5.41) is 0. The van der Waals surface area contributed by atoms with Crippen LogP contribution in [0.5, 0.6) is 0 Å². The van der Waals surface area contributed by atoms with Crippen molar-refractivity contribution < 1.29 is 14.3 Å². The summed E-state index contributed by atoms with van der Waals surface area (Å²) in [6.45, 7) is 5.44. The van der Waals surface area contributed by atoms with Gasteiger partial charge in [-0.05, 0) is 24.3 Å². The second kappa shape index (κ2) is 3.04. The molecule has 0 bridgehead atoms. The summed E-state index contributed by atoms with van der Waals surface area (Å²) in [5.74, 6) is -0.809. The molecule has 1 saturated heterocycles. The molecule has 0 radical (unpaired) electrons. The largest absolute Gasteiger partial charge is 0.342 e. The van der Waals surface area contributed by atoms with E-state index in [1.807, 2.05) is 0 Å². The molecule has 76 valence electrons. The number of carbonyl (C=O) groups excluding carboxylic acids is 1. The number of allylic oxidation sites excluding steroid dienone is 2. The van der Waals surface area contributed by atoms with Crippen LogP contribution in [0.15, 0.2) is 24.3 Å². The first kappa shape index (κ1) is 9.62. The summed E-state index contributed by atoms with van der Waals surface area (Å²) in [7, 11) is 0. The van der Waals surface area contributed by atoms with E-state index >= 15 is 0 Å². The molecule has 2 rings (SSSR count). The van der Waals surface area contributed by atoms with Crippen LogP contribution in [-0.4, -0.2) is 24.8 Å². The molecule has 0 saturated carbocycles. The van der Waals surface area contributed by atoms with Crippen LogP contribution in [0.25, 0.3) is 0 Å². The molecule has 3 heteroatoms. The van der Waals surface area contributed by atoms with Crippen LogP contribution >= 0.6 is 0 Å². The molecule has 0 unspecified atom stereocenters. The molecule has 0 aromatic carbocycles. The van der Waals surface area contributed by atoms with Crippen molar-refractivity contribution in [3.63, 3.8) is 0 Å². The van der Waals surface area contributed by atoms with Crippen molar-refractivity contribution in [2.75, 3.05) is 13.2 Å². The predicted molar refractivity (Wildman–Crippen MR) is 51.7 cm³/mol. The first-order chi connectivity index (χ1) is 6.52. The zero-order valence-corrected chi connectivity index (χ0v) is 8.45. The summed E-state index contributed by atoms with van der Waals surface area (Å²) in [6, 6.07) is 0. The van der Waals surface area contributed by atoms with Gasteiger partial charge < -0.3 is 9.47 Å². The average Bonchev–Trinajstić information content (AvgIpc) is 2.16. The smallest absolute Gasteiger partial charge is 0.208 e. The minimum absolute atomic E-state index is 0.0207. The van der Waals surface area contributed by atoms with Gasteiger partial charge in [-0.2, -0.15) is 0 Å². The lowest BCUT2D eigenvalue weighted by Crippen LogP contribution is -2.45. The molecule has 0 amide bonds. The van der Waals surface area contributed by atoms with E-state index < -0.39 is 5.79 Å². The topological polar surface area (TPSA) is 35.5 Å². The van der Waals surface area contributed by atoms with E-state index in [9.17, 15) is 4.79 Å². The SMILES string of the molecule is CC1(C)COC2(C=CC(=O)C=C2)OC1. The summed E-state index contributed by atoms with van der Waals surface area (Å²) >= 11 is 0. The van der Waals surface area contributed by atoms with Crippen molar-refractivity contribution in [3.8, 4) is 0 Å². The van der Waals surface area contributed by atoms with Crippen molar-refractivity contribution in [1.82, 2.24) is 0 Å². The molecule has 2 aliphatic rings. The van der Waals surface area contributed by atoms with Crippen LogP contribution in [-0.2, 0) is 14.3 Å². The highest BCUT2D eigenvalue weighted by atomic mass is 16.7. The Labute approximate surface area is 83.4 Å². The molecule has 14 heavy (non-hydrogen) atoms. The normalized spacial score (nSPS) is 28.3. The molecule has 1 aliphatic carbocycles. The van der Waals surface area contributed by atoms with Gasteiger partial charge in [0.25, 0.3) is 0 Å². The van der Waals surface area contributed by atoms with Gasteiger partial charge in [0, 0.05) is 5.41 Å². The highest BCUT2D eigenvalue weighted by molar-refractivity contribution is 6.00. The second-order valence-electron chi connectivity index (χ2n) is 4.53. The average molecular weight is 194 g/mol. The van der Waals surface area contributed by atoms with Crippen molar-refractivity contribution in [1.29, 1.82) is 0 Å². The van der Waals surface area contributed by atoms with Crippen LogP contribution in [0.1, 0.15) is 13.8 Å². The van der Waals surface area contributed by atoms with E-state index in [4.69, 9.17) is 9.47 Å². The summed E-state index contributed by atoms with van der Waals surface area (Å²) < 4.78 is 11.2. The van der Waals surface area contributed by atoms with Gasteiger partial charge in [0.1, 0.15) is 0 Å². The van der Waals surface area contributed by atoms with Crippen molar-refractivity contribution in [3.05, 3.63) is 24.3 Å². The quantitative estimate of drug-likeness (QED) is 0.585. The summed E-state index contributed by atoms with van der Waals surface area (Å²) in [4.78, 5) is 10.9. The standard InChI is InChI=1S/C11H14O3/c1-10(2)7-13-11(14-8-10)5-3-9(12)4-6-11/h3-6H,7-8H2,1-2H3. The lowest BCUT2D eigenvalue weighted by molar-refractivity contribution is -0.246. The Kier molecular flexibility index (Phi) is 2.09. The van der Waals surface area contributed by atoms with Crippen molar-refractivity contribution in [2.45, 2.75) is 19.6 Å². The molecule has 3 nitrogen and oxygen atoms in total. The third-order valence-corrected chi connectivity index (χ3v) is 2.34. The predicted octanol–water partition coefficient (Wildman–Crippen LogP) is 1.45. The summed E-state index contributed by atoms with van der Waals surface area (Å²) in [5.41, 5.74) is 0.0500. The summed E-state index contributed by atoms with van der Waals surface area (Å²) in [6.07, 6.45) is 6.31. The highest BCUT2D eigenvalue weighted by Gasteiger charge is 2.37.